The molecule has 0 atom stereocenters. The van der Waals surface area contributed by atoms with Gasteiger partial charge in [-0.3, -0.25) is 0 Å². The maximum absolute atomic E-state index is 2.57. The van der Waals surface area contributed by atoms with Gasteiger partial charge in [-0.1, -0.05) is 47.6 Å². The van der Waals surface area contributed by atoms with E-state index >= 15 is 0 Å². The smallest absolute Gasteiger partial charge is 0.0950 e. The predicted octanol–water partition coefficient (Wildman–Crippen LogP) is 7.58. The third-order valence-electron chi connectivity index (χ3n) is 10.6. The molecular weight excluding hydrogens is 376 g/mol. The van der Waals surface area contributed by atoms with Crippen LogP contribution in [0.1, 0.15) is 101 Å². The fourth-order valence-electron chi connectivity index (χ4n) is 7.36. The Morgan fingerprint density at radius 1 is 0.710 bits per heavy atom. The van der Waals surface area contributed by atoms with Crippen LogP contribution in [0.25, 0.3) is 0 Å². The maximum atomic E-state index is 2.57. The lowest BCUT2D eigenvalue weighted by atomic mass is 9.59. The van der Waals surface area contributed by atoms with Crippen molar-refractivity contribution in [3.8, 4) is 0 Å². The van der Waals surface area contributed by atoms with E-state index in [0.29, 0.717) is 0 Å². The van der Waals surface area contributed by atoms with E-state index in [1.54, 1.807) is 11.1 Å². The fraction of sp³-hybridized carbons (Fsp3) is 0.586. The lowest BCUT2D eigenvalue weighted by Gasteiger charge is -2.44. The predicted molar refractivity (Wildman–Crippen MR) is 132 cm³/mol. The van der Waals surface area contributed by atoms with E-state index in [1.165, 1.54) is 53.9 Å². The van der Waals surface area contributed by atoms with Crippen molar-refractivity contribution in [2.45, 2.75) is 89.9 Å². The highest BCUT2D eigenvalue weighted by atomic mass is 15.4. The lowest BCUT2D eigenvalue weighted by molar-refractivity contribution is 0.125. The van der Waals surface area contributed by atoms with Gasteiger partial charge in [0.15, 0.2) is 0 Å². The first-order chi connectivity index (χ1) is 14.5. The van der Waals surface area contributed by atoms with Crippen molar-refractivity contribution >= 4 is 17.1 Å². The Bertz CT molecular complexity index is 1080. The van der Waals surface area contributed by atoms with Crippen molar-refractivity contribution in [2.75, 3.05) is 23.5 Å². The molecule has 164 valence electrons. The Labute approximate surface area is 188 Å². The SMILES string of the molecule is CN1CN(c2ccc3c(c2)C(C)(C)C(C)(C)C3(C)C)c2cc3c(cc21)C1CCC3CC1. The molecule has 2 nitrogen and oxygen atoms in total. The van der Waals surface area contributed by atoms with E-state index in [1.807, 2.05) is 0 Å². The molecule has 0 spiro atoms. The van der Waals surface area contributed by atoms with Crippen molar-refractivity contribution in [3.63, 3.8) is 0 Å². The van der Waals surface area contributed by atoms with Gasteiger partial charge >= 0.3 is 0 Å². The van der Waals surface area contributed by atoms with Crippen LogP contribution in [0.2, 0.25) is 0 Å². The molecule has 0 unspecified atom stereocenters. The molecule has 1 heterocycles. The van der Waals surface area contributed by atoms with Crippen molar-refractivity contribution in [3.05, 3.63) is 52.6 Å². The van der Waals surface area contributed by atoms with Crippen LogP contribution in [0.4, 0.5) is 17.1 Å². The third kappa shape index (κ3) is 2.29. The van der Waals surface area contributed by atoms with Gasteiger partial charge in [-0.25, -0.2) is 0 Å². The van der Waals surface area contributed by atoms with Crippen molar-refractivity contribution in [1.29, 1.82) is 0 Å². The highest BCUT2D eigenvalue weighted by molar-refractivity contribution is 5.84. The minimum absolute atomic E-state index is 0.144. The Balaban J connectivity index is 1.47. The number of anilines is 3. The van der Waals surface area contributed by atoms with Crippen molar-refractivity contribution in [2.24, 2.45) is 5.41 Å². The van der Waals surface area contributed by atoms with Crippen LogP contribution < -0.4 is 9.80 Å². The molecule has 2 aromatic rings. The molecule has 2 bridgehead atoms. The number of hydrogen-bond donors (Lipinski definition) is 0. The summed E-state index contributed by atoms with van der Waals surface area (Å²) >= 11 is 0. The van der Waals surface area contributed by atoms with Crippen LogP contribution in [0.3, 0.4) is 0 Å². The summed E-state index contributed by atoms with van der Waals surface area (Å²) in [4.78, 5) is 5.01. The Hall–Kier alpha value is -1.96. The molecule has 2 aromatic carbocycles. The second kappa shape index (κ2) is 5.88. The largest absolute Gasteiger partial charge is 0.355 e. The molecule has 0 radical (unpaired) electrons. The zero-order valence-corrected chi connectivity index (χ0v) is 20.5. The van der Waals surface area contributed by atoms with Gasteiger partial charge in [-0.15, -0.1) is 0 Å². The van der Waals surface area contributed by atoms with Crippen LogP contribution in [0.5, 0.6) is 0 Å². The second-order valence-electron chi connectivity index (χ2n) is 12.4. The summed E-state index contributed by atoms with van der Waals surface area (Å²) in [7, 11) is 2.26. The molecule has 31 heavy (non-hydrogen) atoms. The number of nitrogens with zero attached hydrogens (tertiary/aromatic N) is 2. The van der Waals surface area contributed by atoms with Crippen LogP contribution in [0, 0.1) is 5.41 Å². The summed E-state index contributed by atoms with van der Waals surface area (Å²) < 4.78 is 0. The number of rotatable bonds is 1. The van der Waals surface area contributed by atoms with Gasteiger partial charge in [0.2, 0.25) is 0 Å². The first-order valence-corrected chi connectivity index (χ1v) is 12.4. The molecular formula is C29H38N2. The highest BCUT2D eigenvalue weighted by Crippen LogP contribution is 2.62. The first kappa shape index (κ1) is 19.7. The Morgan fingerprint density at radius 2 is 1.26 bits per heavy atom. The quantitative estimate of drug-likeness (QED) is 0.474. The van der Waals surface area contributed by atoms with Crippen LogP contribution >= 0.6 is 0 Å². The van der Waals surface area contributed by atoms with Gasteiger partial charge in [0, 0.05) is 12.7 Å². The van der Waals surface area contributed by atoms with Gasteiger partial charge in [0.1, 0.15) is 0 Å². The number of fused-ring (bicyclic) bond motifs is 4. The van der Waals surface area contributed by atoms with E-state index in [9.17, 15) is 0 Å². The van der Waals surface area contributed by atoms with Crippen molar-refractivity contribution in [1.82, 2.24) is 0 Å². The standard InChI is InChI=1S/C29H38N2/c1-27(2)23-13-12-20(14-24(23)28(3,4)29(27,5)6)31-17-30(7)25-15-21-18-8-10-19(11-9-18)22(21)16-26(25)31/h12-16,18-19H,8-11,17H2,1-7H3. The molecule has 1 fully saturated rings. The molecule has 1 aliphatic heterocycles. The van der Waals surface area contributed by atoms with E-state index in [4.69, 9.17) is 0 Å². The molecule has 4 aliphatic carbocycles. The zero-order chi connectivity index (χ0) is 21.9. The molecule has 0 amide bonds. The Morgan fingerprint density at radius 3 is 1.87 bits per heavy atom. The monoisotopic (exact) mass is 414 g/mol. The molecule has 0 saturated heterocycles. The Kier molecular flexibility index (Phi) is 3.74. The molecule has 0 aromatic heterocycles. The lowest BCUT2D eigenvalue weighted by Crippen LogP contribution is -2.42. The van der Waals surface area contributed by atoms with Gasteiger partial charge in [-0.2, -0.15) is 0 Å². The molecule has 0 N–H and O–H groups in total. The average molecular weight is 415 g/mol. The van der Waals surface area contributed by atoms with E-state index < -0.39 is 0 Å². The summed E-state index contributed by atoms with van der Waals surface area (Å²) in [5.41, 5.74) is 11.1. The molecule has 2 heteroatoms. The average Bonchev–Trinajstić information content (AvgIpc) is 3.12. The first-order valence-electron chi connectivity index (χ1n) is 12.4. The van der Waals surface area contributed by atoms with Gasteiger partial charge < -0.3 is 9.80 Å². The topological polar surface area (TPSA) is 6.48 Å². The van der Waals surface area contributed by atoms with E-state index in [2.05, 4.69) is 88.7 Å². The second-order valence-corrected chi connectivity index (χ2v) is 12.4. The van der Waals surface area contributed by atoms with E-state index in [-0.39, 0.29) is 16.2 Å². The minimum Gasteiger partial charge on any atom is -0.355 e. The van der Waals surface area contributed by atoms with Crippen molar-refractivity contribution < 1.29 is 0 Å². The number of benzene rings is 2. The molecule has 5 aliphatic rings. The number of hydrogen-bond acceptors (Lipinski definition) is 2. The maximum Gasteiger partial charge on any atom is 0.0950 e. The van der Waals surface area contributed by atoms with Gasteiger partial charge in [0.05, 0.1) is 18.0 Å². The minimum atomic E-state index is 0.144. The zero-order valence-electron chi connectivity index (χ0n) is 20.5. The summed E-state index contributed by atoms with van der Waals surface area (Å²) in [6.07, 6.45) is 5.58. The summed E-state index contributed by atoms with van der Waals surface area (Å²) in [6, 6.07) is 12.4. The summed E-state index contributed by atoms with van der Waals surface area (Å²) in [5.74, 6) is 1.59. The van der Waals surface area contributed by atoms with Gasteiger partial charge in [0.25, 0.3) is 0 Å². The summed E-state index contributed by atoms with van der Waals surface area (Å²) in [5, 5.41) is 0. The summed E-state index contributed by atoms with van der Waals surface area (Å²) in [6.45, 7) is 15.6. The fourth-order valence-corrected chi connectivity index (χ4v) is 7.36. The normalized spacial score (nSPS) is 28.5. The van der Waals surface area contributed by atoms with Crippen LogP contribution in [-0.4, -0.2) is 13.7 Å². The van der Waals surface area contributed by atoms with Gasteiger partial charge in [-0.05, 0) is 100 Å². The van der Waals surface area contributed by atoms with E-state index in [0.717, 1.165) is 18.5 Å². The molecule has 7 rings (SSSR count). The van der Waals surface area contributed by atoms with Crippen LogP contribution in [0.15, 0.2) is 30.3 Å². The highest BCUT2D eigenvalue weighted by Gasteiger charge is 2.56. The third-order valence-corrected chi connectivity index (χ3v) is 10.6. The molecule has 1 saturated carbocycles. The van der Waals surface area contributed by atoms with Crippen LogP contribution in [-0.2, 0) is 10.8 Å².